The smallest absolute Gasteiger partial charge is 0.350 e. The Kier molecular flexibility index (Phi) is 9.36. The lowest BCUT2D eigenvalue weighted by atomic mass is 9.87. The highest BCUT2D eigenvalue weighted by atomic mass is 35.5. The van der Waals surface area contributed by atoms with Crippen molar-refractivity contribution in [1.29, 1.82) is 0 Å². The molecule has 2 aliphatic heterocycles. The van der Waals surface area contributed by atoms with Gasteiger partial charge in [0.2, 0.25) is 0 Å². The lowest BCUT2D eigenvalue weighted by Gasteiger charge is -2.38. The molecule has 1 spiro atoms. The summed E-state index contributed by atoms with van der Waals surface area (Å²) in [4.78, 5) is 27.7. The molecule has 0 saturated carbocycles. The molecule has 1 fully saturated rings. The molecule has 1 N–H and O–H groups in total. The summed E-state index contributed by atoms with van der Waals surface area (Å²) < 4.78 is 23.9. The molecule has 0 unspecified atom stereocenters. The Bertz CT molecular complexity index is 1280. The minimum atomic E-state index is -1.31. The van der Waals surface area contributed by atoms with E-state index >= 15 is 0 Å². The quantitative estimate of drug-likeness (QED) is 0.273. The average molecular weight is 608 g/mol. The number of carbonyl (C=O) groups excluding carboxylic acids is 2. The van der Waals surface area contributed by atoms with Crippen LogP contribution in [0.15, 0.2) is 30.3 Å². The normalized spacial score (nSPS) is 16.6. The molecule has 0 aliphatic carbocycles. The summed E-state index contributed by atoms with van der Waals surface area (Å²) in [7, 11) is 1.54. The van der Waals surface area contributed by atoms with Crippen LogP contribution in [-0.4, -0.2) is 66.9 Å². The third-order valence-electron chi connectivity index (χ3n) is 7.27. The molecule has 2 aliphatic rings. The van der Waals surface area contributed by atoms with E-state index in [9.17, 15) is 9.59 Å². The highest BCUT2D eigenvalue weighted by molar-refractivity contribution is 6.32. The molecule has 0 bridgehead atoms. The second-order valence-electron chi connectivity index (χ2n) is 12.2. The van der Waals surface area contributed by atoms with E-state index in [2.05, 4.69) is 10.2 Å². The van der Waals surface area contributed by atoms with E-state index in [1.165, 1.54) is 11.6 Å². The van der Waals surface area contributed by atoms with E-state index in [1.54, 1.807) is 47.7 Å². The van der Waals surface area contributed by atoms with Crippen LogP contribution in [0, 0.1) is 0 Å². The molecular weight excluding hydrogens is 567 g/mol. The summed E-state index contributed by atoms with van der Waals surface area (Å²) >= 11 is 12.6. The van der Waals surface area contributed by atoms with Gasteiger partial charge in [-0.3, -0.25) is 4.79 Å². The zero-order valence-corrected chi connectivity index (χ0v) is 26.2. The summed E-state index contributed by atoms with van der Waals surface area (Å²) in [5, 5.41) is 3.55. The van der Waals surface area contributed by atoms with Crippen molar-refractivity contribution in [2.75, 3.05) is 33.3 Å². The largest absolute Gasteiger partial charge is 0.493 e. The molecule has 4 rings (SSSR count). The summed E-state index contributed by atoms with van der Waals surface area (Å²) in [5.74, 6) is 0.643. The molecule has 2 heterocycles. The van der Waals surface area contributed by atoms with Crippen molar-refractivity contribution in [3.63, 3.8) is 0 Å². The Labute approximate surface area is 252 Å². The van der Waals surface area contributed by atoms with Gasteiger partial charge in [0.25, 0.3) is 5.91 Å². The van der Waals surface area contributed by atoms with Crippen molar-refractivity contribution < 1.29 is 28.5 Å². The van der Waals surface area contributed by atoms with Crippen LogP contribution in [0.25, 0.3) is 0 Å². The topological polar surface area (TPSA) is 86.3 Å². The fraction of sp³-hybridized carbons (Fsp3) is 0.548. The van der Waals surface area contributed by atoms with Crippen molar-refractivity contribution >= 4 is 35.1 Å². The van der Waals surface area contributed by atoms with Crippen molar-refractivity contribution in [2.45, 2.75) is 77.1 Å². The number of nitrogens with zero attached hydrogens (tertiary/aromatic N) is 1. The first-order valence-corrected chi connectivity index (χ1v) is 14.8. The number of fused-ring (bicyclic) bond motifs is 1. The molecule has 0 aromatic heterocycles. The molecule has 8 nitrogen and oxygen atoms in total. The highest BCUT2D eigenvalue weighted by Crippen LogP contribution is 2.42. The van der Waals surface area contributed by atoms with Gasteiger partial charge in [-0.2, -0.15) is 0 Å². The third-order valence-corrected chi connectivity index (χ3v) is 7.80. The summed E-state index contributed by atoms with van der Waals surface area (Å²) in [6.07, 6.45) is 3.56. The third kappa shape index (κ3) is 7.79. The summed E-state index contributed by atoms with van der Waals surface area (Å²) in [6.45, 7) is 11.7. The lowest BCUT2D eigenvalue weighted by Crippen LogP contribution is -2.47. The van der Waals surface area contributed by atoms with Crippen molar-refractivity contribution in [3.8, 4) is 17.2 Å². The van der Waals surface area contributed by atoms with Crippen LogP contribution < -0.4 is 19.5 Å². The van der Waals surface area contributed by atoms with Gasteiger partial charge in [0, 0.05) is 57.0 Å². The fourth-order valence-electron chi connectivity index (χ4n) is 5.10. The molecule has 1 amide bonds. The SMILES string of the molecule is CNC(=O)c1cc(Cl)c(OC(C)(C)C(=O)OC(C)(C)C)cc1OCCCN1CCC2(CC1)Cc1cc(Cl)ccc1O2. The number of likely N-dealkylation sites (tertiary alicyclic amines) is 1. The van der Waals surface area contributed by atoms with E-state index in [1.807, 2.05) is 18.2 Å². The number of rotatable bonds is 9. The molecule has 2 aromatic rings. The minimum Gasteiger partial charge on any atom is -0.493 e. The number of hydrogen-bond donors (Lipinski definition) is 1. The van der Waals surface area contributed by atoms with Crippen LogP contribution in [0.2, 0.25) is 10.0 Å². The molecule has 224 valence electrons. The van der Waals surface area contributed by atoms with Gasteiger partial charge >= 0.3 is 5.97 Å². The van der Waals surface area contributed by atoms with Crippen molar-refractivity contribution in [2.24, 2.45) is 0 Å². The predicted molar refractivity (Wildman–Crippen MR) is 160 cm³/mol. The number of esters is 1. The van der Waals surface area contributed by atoms with Gasteiger partial charge in [-0.05, 0) is 70.9 Å². The fourth-order valence-corrected chi connectivity index (χ4v) is 5.49. The molecule has 2 aromatic carbocycles. The first kappa shape index (κ1) is 31.3. The van der Waals surface area contributed by atoms with Crippen LogP contribution in [0.4, 0.5) is 0 Å². The van der Waals surface area contributed by atoms with Gasteiger partial charge in [-0.25, -0.2) is 4.79 Å². The number of carbonyl (C=O) groups is 2. The highest BCUT2D eigenvalue weighted by Gasteiger charge is 2.42. The Hall–Kier alpha value is -2.68. The number of benzene rings is 2. The Morgan fingerprint density at radius 3 is 2.41 bits per heavy atom. The van der Waals surface area contributed by atoms with Gasteiger partial charge in [0.15, 0.2) is 5.60 Å². The predicted octanol–water partition coefficient (Wildman–Crippen LogP) is 6.09. The van der Waals surface area contributed by atoms with Crippen molar-refractivity contribution in [1.82, 2.24) is 10.2 Å². The summed E-state index contributed by atoms with van der Waals surface area (Å²) in [5.41, 5.74) is -0.651. The first-order chi connectivity index (χ1) is 19.2. The maximum absolute atomic E-state index is 12.7. The van der Waals surface area contributed by atoms with Crippen LogP contribution in [-0.2, 0) is 16.0 Å². The number of ether oxygens (including phenoxy) is 4. The molecule has 1 saturated heterocycles. The molecule has 0 atom stereocenters. The zero-order chi connectivity index (χ0) is 30.0. The zero-order valence-electron chi connectivity index (χ0n) is 24.7. The van der Waals surface area contributed by atoms with E-state index in [0.29, 0.717) is 12.4 Å². The molecule has 10 heteroatoms. The Balaban J connectivity index is 1.34. The van der Waals surface area contributed by atoms with E-state index in [0.717, 1.165) is 56.1 Å². The second-order valence-corrected chi connectivity index (χ2v) is 13.1. The average Bonchev–Trinajstić information content (AvgIpc) is 3.24. The molecule has 41 heavy (non-hydrogen) atoms. The van der Waals surface area contributed by atoms with Crippen LogP contribution in [0.1, 0.15) is 69.8 Å². The van der Waals surface area contributed by atoms with E-state index in [4.69, 9.17) is 42.1 Å². The number of amides is 1. The van der Waals surface area contributed by atoms with Gasteiger partial charge < -0.3 is 29.2 Å². The van der Waals surface area contributed by atoms with Gasteiger partial charge in [-0.1, -0.05) is 23.2 Å². The lowest BCUT2D eigenvalue weighted by molar-refractivity contribution is -0.170. The minimum absolute atomic E-state index is 0.144. The van der Waals surface area contributed by atoms with Crippen molar-refractivity contribution in [3.05, 3.63) is 51.5 Å². The maximum Gasteiger partial charge on any atom is 0.350 e. The van der Waals surface area contributed by atoms with E-state index < -0.39 is 17.2 Å². The standard InChI is InChI=1S/C31H40Cl2N2O6/c1-29(2,3)41-28(37)30(4,5)39-26-18-25(22(17-23(26)33)27(36)34-6)38-15-7-12-35-13-10-31(11-14-35)19-20-16-21(32)8-9-24(20)40-31/h8-9,16-18H,7,10-15,19H2,1-6H3,(H,34,36). The van der Waals surface area contributed by atoms with Gasteiger partial charge in [0.05, 0.1) is 17.2 Å². The molecular formula is C31H40Cl2N2O6. The van der Waals surface area contributed by atoms with Crippen LogP contribution >= 0.6 is 23.2 Å². The number of hydrogen-bond acceptors (Lipinski definition) is 7. The van der Waals surface area contributed by atoms with E-state index in [-0.39, 0.29) is 27.8 Å². The first-order valence-electron chi connectivity index (χ1n) is 14.0. The maximum atomic E-state index is 12.7. The van der Waals surface area contributed by atoms with Gasteiger partial charge in [0.1, 0.15) is 28.5 Å². The number of halogens is 2. The Morgan fingerprint density at radius 1 is 1.05 bits per heavy atom. The Morgan fingerprint density at radius 2 is 1.76 bits per heavy atom. The number of nitrogens with one attached hydrogen (secondary N) is 1. The summed E-state index contributed by atoms with van der Waals surface area (Å²) in [6, 6.07) is 8.91. The molecule has 0 radical (unpaired) electrons. The van der Waals surface area contributed by atoms with Crippen LogP contribution in [0.3, 0.4) is 0 Å². The number of piperidine rings is 1. The second kappa shape index (κ2) is 12.3. The van der Waals surface area contributed by atoms with Crippen LogP contribution in [0.5, 0.6) is 17.2 Å². The van der Waals surface area contributed by atoms with Gasteiger partial charge in [-0.15, -0.1) is 0 Å². The monoisotopic (exact) mass is 606 g/mol.